The van der Waals surface area contributed by atoms with Crippen LogP contribution < -0.4 is 24.0 Å². The molecular formula is C9H7F2IZn-. The van der Waals surface area contributed by atoms with Crippen LogP contribution in [0.15, 0.2) is 24.8 Å². The SMILES string of the molecule is C=[C]Cc1cc(F)cc(F)c1.[I-].[Zn]. The summed E-state index contributed by atoms with van der Waals surface area (Å²) in [6, 6.07) is 3.37. The molecule has 0 aromatic heterocycles. The first-order chi connectivity index (χ1) is 5.22. The second-order valence-corrected chi connectivity index (χ2v) is 2.20. The average Bonchev–Trinajstić information content (AvgIpc) is 1.85. The summed E-state index contributed by atoms with van der Waals surface area (Å²) in [6.07, 6.45) is 2.92. The Bertz CT molecular complexity index is 256. The van der Waals surface area contributed by atoms with Crippen molar-refractivity contribution in [3.05, 3.63) is 48.1 Å². The number of hydrogen-bond acceptors (Lipinski definition) is 0. The first-order valence-electron chi connectivity index (χ1n) is 3.17. The molecule has 0 spiro atoms. The molecule has 0 heterocycles. The van der Waals surface area contributed by atoms with Gasteiger partial charge in [-0.1, -0.05) is 6.58 Å². The van der Waals surface area contributed by atoms with Crippen molar-refractivity contribution in [2.45, 2.75) is 6.42 Å². The van der Waals surface area contributed by atoms with E-state index in [0.29, 0.717) is 12.0 Å². The molecule has 0 aliphatic rings. The fraction of sp³-hybridized carbons (Fsp3) is 0.111. The van der Waals surface area contributed by atoms with Crippen molar-refractivity contribution < 1.29 is 52.2 Å². The van der Waals surface area contributed by atoms with Gasteiger partial charge in [-0.05, 0) is 30.2 Å². The topological polar surface area (TPSA) is 0 Å². The Morgan fingerprint density at radius 1 is 1.15 bits per heavy atom. The number of hydrogen-bond donors (Lipinski definition) is 0. The zero-order chi connectivity index (χ0) is 8.27. The minimum absolute atomic E-state index is 0. The fourth-order valence-corrected chi connectivity index (χ4v) is 0.857. The summed E-state index contributed by atoms with van der Waals surface area (Å²) in [6.45, 7) is 3.35. The maximum atomic E-state index is 12.5. The van der Waals surface area contributed by atoms with Crippen molar-refractivity contribution in [1.29, 1.82) is 0 Å². The molecule has 1 aromatic rings. The zero-order valence-corrected chi connectivity index (χ0v) is 12.1. The second kappa shape index (κ2) is 7.57. The normalized spacial score (nSPS) is 8.15. The molecule has 0 N–H and O–H groups in total. The second-order valence-electron chi connectivity index (χ2n) is 2.20. The minimum Gasteiger partial charge on any atom is -1.00 e. The van der Waals surface area contributed by atoms with E-state index in [1.807, 2.05) is 0 Å². The van der Waals surface area contributed by atoms with E-state index in [9.17, 15) is 8.78 Å². The van der Waals surface area contributed by atoms with Gasteiger partial charge in [0.25, 0.3) is 0 Å². The molecule has 1 aromatic carbocycles. The predicted octanol–water partition coefficient (Wildman–Crippen LogP) is -0.502. The molecule has 0 saturated heterocycles. The van der Waals surface area contributed by atoms with Crippen LogP contribution in [-0.2, 0) is 25.9 Å². The van der Waals surface area contributed by atoms with Crippen LogP contribution in [0.5, 0.6) is 0 Å². The van der Waals surface area contributed by atoms with Crippen LogP contribution in [0.1, 0.15) is 5.56 Å². The van der Waals surface area contributed by atoms with Crippen LogP contribution in [0.2, 0.25) is 0 Å². The molecule has 0 amide bonds. The van der Waals surface area contributed by atoms with Gasteiger partial charge in [-0.2, -0.15) is 0 Å². The first kappa shape index (κ1) is 15.6. The van der Waals surface area contributed by atoms with Crippen LogP contribution in [0.4, 0.5) is 8.78 Å². The molecule has 0 fully saturated rings. The summed E-state index contributed by atoms with van der Waals surface area (Å²) in [5.41, 5.74) is 0.553. The molecule has 4 heteroatoms. The molecular weight excluding hydrogens is 338 g/mol. The van der Waals surface area contributed by atoms with Crippen LogP contribution in [0, 0.1) is 17.7 Å². The van der Waals surface area contributed by atoms with Gasteiger partial charge in [0.05, 0.1) is 0 Å². The molecule has 67 valence electrons. The van der Waals surface area contributed by atoms with Gasteiger partial charge in [-0.15, -0.1) is 0 Å². The smallest absolute Gasteiger partial charge is 0.126 e. The van der Waals surface area contributed by atoms with Crippen molar-refractivity contribution in [2.24, 2.45) is 0 Å². The Hall–Kier alpha value is 0.173. The summed E-state index contributed by atoms with van der Waals surface area (Å²) in [5.74, 6) is -1.12. The van der Waals surface area contributed by atoms with Gasteiger partial charge < -0.3 is 24.0 Å². The summed E-state index contributed by atoms with van der Waals surface area (Å²) < 4.78 is 24.9. The third kappa shape index (κ3) is 5.47. The van der Waals surface area contributed by atoms with E-state index in [1.165, 1.54) is 12.1 Å². The molecule has 0 aliphatic carbocycles. The third-order valence-electron chi connectivity index (χ3n) is 1.25. The van der Waals surface area contributed by atoms with Gasteiger partial charge in [0.15, 0.2) is 0 Å². The Labute approximate surface area is 106 Å². The zero-order valence-electron chi connectivity index (χ0n) is 6.99. The van der Waals surface area contributed by atoms with Crippen LogP contribution in [0.25, 0.3) is 0 Å². The number of halogens is 3. The number of rotatable bonds is 2. The van der Waals surface area contributed by atoms with Gasteiger partial charge in [0.2, 0.25) is 0 Å². The molecule has 0 nitrogen and oxygen atoms in total. The van der Waals surface area contributed by atoms with Crippen LogP contribution in [0.3, 0.4) is 0 Å². The molecule has 0 aliphatic heterocycles. The number of benzene rings is 1. The van der Waals surface area contributed by atoms with Crippen LogP contribution >= 0.6 is 0 Å². The van der Waals surface area contributed by atoms with E-state index in [4.69, 9.17) is 0 Å². The average molecular weight is 345 g/mol. The van der Waals surface area contributed by atoms with Crippen molar-refractivity contribution >= 4 is 0 Å². The van der Waals surface area contributed by atoms with Gasteiger partial charge in [-0.25, -0.2) is 8.78 Å². The van der Waals surface area contributed by atoms with Gasteiger partial charge in [0, 0.05) is 25.5 Å². The van der Waals surface area contributed by atoms with Crippen LogP contribution in [-0.4, -0.2) is 0 Å². The standard InChI is InChI=1S/C9H7F2.HI.Zn/c1-2-3-7-4-8(10)6-9(11)5-7;;/h4-6H,1,3H2;1H;/p-1. The minimum atomic E-state index is -0.560. The molecule has 0 saturated carbocycles. The first-order valence-corrected chi connectivity index (χ1v) is 3.17. The van der Waals surface area contributed by atoms with E-state index < -0.39 is 11.6 Å². The van der Waals surface area contributed by atoms with Crippen molar-refractivity contribution in [2.75, 3.05) is 0 Å². The van der Waals surface area contributed by atoms with E-state index in [2.05, 4.69) is 12.7 Å². The van der Waals surface area contributed by atoms with Gasteiger partial charge in [0.1, 0.15) is 11.6 Å². The van der Waals surface area contributed by atoms with Crippen molar-refractivity contribution in [3.63, 3.8) is 0 Å². The fourth-order valence-electron chi connectivity index (χ4n) is 0.857. The van der Waals surface area contributed by atoms with E-state index in [0.717, 1.165) is 6.07 Å². The quantitative estimate of drug-likeness (QED) is 0.501. The molecule has 0 atom stereocenters. The maximum absolute atomic E-state index is 12.5. The molecule has 1 rings (SSSR count). The van der Waals surface area contributed by atoms with E-state index in [1.54, 1.807) is 0 Å². The van der Waals surface area contributed by atoms with Crippen molar-refractivity contribution in [3.8, 4) is 0 Å². The Balaban J connectivity index is 0. The molecule has 0 bridgehead atoms. The Kier molecular flexibility index (Phi) is 9.10. The molecule has 0 unspecified atom stereocenters. The Morgan fingerprint density at radius 2 is 1.62 bits per heavy atom. The molecule has 13 heavy (non-hydrogen) atoms. The Morgan fingerprint density at radius 3 is 2.00 bits per heavy atom. The van der Waals surface area contributed by atoms with E-state index >= 15 is 0 Å². The maximum Gasteiger partial charge on any atom is 0.126 e. The number of allylic oxidation sites excluding steroid dienone is 1. The van der Waals surface area contributed by atoms with E-state index in [-0.39, 0.29) is 43.5 Å². The summed E-state index contributed by atoms with van der Waals surface area (Å²) in [5, 5.41) is 0. The summed E-state index contributed by atoms with van der Waals surface area (Å²) in [7, 11) is 0. The largest absolute Gasteiger partial charge is 1.00 e. The molecule has 1 radical (unpaired) electrons. The third-order valence-corrected chi connectivity index (χ3v) is 1.25. The monoisotopic (exact) mass is 344 g/mol. The van der Waals surface area contributed by atoms with Crippen molar-refractivity contribution in [1.82, 2.24) is 0 Å². The van der Waals surface area contributed by atoms with Gasteiger partial charge >= 0.3 is 0 Å². The van der Waals surface area contributed by atoms with Gasteiger partial charge in [-0.3, -0.25) is 0 Å². The summed E-state index contributed by atoms with van der Waals surface area (Å²) >= 11 is 0. The summed E-state index contributed by atoms with van der Waals surface area (Å²) in [4.78, 5) is 0. The predicted molar refractivity (Wildman–Crippen MR) is 38.9 cm³/mol.